The van der Waals surface area contributed by atoms with E-state index >= 15 is 0 Å². The van der Waals surface area contributed by atoms with Crippen LogP contribution >= 0.6 is 0 Å². The second kappa shape index (κ2) is 7.79. The van der Waals surface area contributed by atoms with Gasteiger partial charge in [-0.2, -0.15) is 0 Å². The molecule has 0 radical (unpaired) electrons. The molecule has 3 unspecified atom stereocenters. The number of carbonyl (C=O) groups is 1. The smallest absolute Gasteiger partial charge is 0.237 e. The highest BCUT2D eigenvalue weighted by molar-refractivity contribution is 5.81. The van der Waals surface area contributed by atoms with Crippen LogP contribution in [0.1, 0.15) is 51.9 Å². The second-order valence-corrected chi connectivity index (χ2v) is 10.2. The molecule has 1 saturated heterocycles. The van der Waals surface area contributed by atoms with Gasteiger partial charge in [0, 0.05) is 19.1 Å². The molecule has 6 rings (SSSR count). The number of hydrogen-bond acceptors (Lipinski definition) is 4. The number of benzene rings is 1. The van der Waals surface area contributed by atoms with Gasteiger partial charge in [-0.05, 0) is 81.8 Å². The maximum atomic E-state index is 13.8. The average Bonchev–Trinajstić information content (AvgIpc) is 2.71. The molecule has 1 aromatic rings. The Labute approximate surface area is 178 Å². The van der Waals surface area contributed by atoms with Crippen molar-refractivity contribution in [2.75, 3.05) is 13.1 Å². The summed E-state index contributed by atoms with van der Waals surface area (Å²) in [7, 11) is 0. The van der Waals surface area contributed by atoms with Crippen molar-refractivity contribution in [1.82, 2.24) is 10.2 Å². The van der Waals surface area contributed by atoms with E-state index in [1.165, 1.54) is 6.07 Å². The Morgan fingerprint density at radius 1 is 1.20 bits per heavy atom. The third-order valence-corrected chi connectivity index (χ3v) is 8.08. The summed E-state index contributed by atoms with van der Waals surface area (Å²) in [4.78, 5) is 15.2. The number of carbonyl (C=O) groups excluding carboxylic acids is 1. The van der Waals surface area contributed by atoms with Crippen molar-refractivity contribution >= 4 is 5.91 Å². The van der Waals surface area contributed by atoms with Crippen LogP contribution in [0.4, 0.5) is 4.39 Å². The Morgan fingerprint density at radius 2 is 1.87 bits per heavy atom. The molecule has 30 heavy (non-hydrogen) atoms. The Bertz CT molecular complexity index is 778. The van der Waals surface area contributed by atoms with Crippen molar-refractivity contribution < 1.29 is 19.0 Å². The van der Waals surface area contributed by atoms with Gasteiger partial charge in [0.2, 0.25) is 5.91 Å². The summed E-state index contributed by atoms with van der Waals surface area (Å²) in [6.45, 7) is 3.52. The maximum Gasteiger partial charge on any atom is 0.237 e. The lowest BCUT2D eigenvalue weighted by atomic mass is 9.52. The Kier molecular flexibility index (Phi) is 5.26. The van der Waals surface area contributed by atoms with E-state index in [1.54, 1.807) is 18.2 Å². The zero-order chi connectivity index (χ0) is 20.9. The molecule has 4 bridgehead atoms. The number of hydrogen-bond donors (Lipinski definition) is 2. The number of nitrogens with one attached hydrogen (secondary N) is 1. The summed E-state index contributed by atoms with van der Waals surface area (Å²) in [5, 5.41) is 14.1. The highest BCUT2D eigenvalue weighted by Gasteiger charge is 2.55. The van der Waals surface area contributed by atoms with E-state index in [0.717, 1.165) is 58.0 Å². The average molecular weight is 417 g/mol. The Morgan fingerprint density at radius 3 is 2.50 bits per heavy atom. The SMILES string of the molecule is CC(C(=O)NC1C2CC3CC1CC(O)(C3)C2)N1CCC(Oc2ccccc2F)CC1. The maximum absolute atomic E-state index is 13.8. The lowest BCUT2D eigenvalue weighted by Crippen LogP contribution is -2.63. The standard InChI is InChI=1S/C24H33FN2O3/c1-15(27-8-6-19(7-9-27)30-21-5-3-2-4-20(21)25)23(28)26-22-17-10-16-11-18(22)14-24(29,12-16)13-17/h2-5,15-19,22,29H,6-14H2,1H3,(H,26,28). The molecule has 0 aromatic heterocycles. The van der Waals surface area contributed by atoms with Crippen molar-refractivity contribution in [3.63, 3.8) is 0 Å². The summed E-state index contributed by atoms with van der Waals surface area (Å²) in [6, 6.07) is 6.56. The number of para-hydroxylation sites is 1. The largest absolute Gasteiger partial charge is 0.487 e. The van der Waals surface area contributed by atoms with Gasteiger partial charge in [-0.15, -0.1) is 0 Å². The number of amides is 1. The van der Waals surface area contributed by atoms with E-state index in [9.17, 15) is 14.3 Å². The molecule has 1 aromatic carbocycles. The van der Waals surface area contributed by atoms with Crippen LogP contribution in [0.2, 0.25) is 0 Å². The molecule has 4 aliphatic carbocycles. The van der Waals surface area contributed by atoms with Crippen LogP contribution in [-0.2, 0) is 4.79 Å². The van der Waals surface area contributed by atoms with Gasteiger partial charge in [0.1, 0.15) is 6.10 Å². The highest BCUT2D eigenvalue weighted by Crippen LogP contribution is 2.55. The van der Waals surface area contributed by atoms with Crippen LogP contribution in [0, 0.1) is 23.6 Å². The van der Waals surface area contributed by atoms with Gasteiger partial charge in [-0.3, -0.25) is 9.69 Å². The van der Waals surface area contributed by atoms with Gasteiger partial charge >= 0.3 is 0 Å². The van der Waals surface area contributed by atoms with Gasteiger partial charge < -0.3 is 15.2 Å². The van der Waals surface area contributed by atoms with Gasteiger partial charge in [-0.25, -0.2) is 4.39 Å². The van der Waals surface area contributed by atoms with E-state index in [2.05, 4.69) is 10.2 Å². The summed E-state index contributed by atoms with van der Waals surface area (Å²) >= 11 is 0. The molecule has 0 spiro atoms. The molecule has 5 nitrogen and oxygen atoms in total. The van der Waals surface area contributed by atoms with E-state index in [0.29, 0.717) is 23.5 Å². The van der Waals surface area contributed by atoms with Crippen LogP contribution in [0.5, 0.6) is 5.75 Å². The van der Waals surface area contributed by atoms with Crippen molar-refractivity contribution in [2.45, 2.75) is 75.7 Å². The quantitative estimate of drug-likeness (QED) is 0.774. The van der Waals surface area contributed by atoms with Crippen molar-refractivity contribution in [3.8, 4) is 5.75 Å². The van der Waals surface area contributed by atoms with Gasteiger partial charge in [-0.1, -0.05) is 12.1 Å². The number of nitrogens with zero attached hydrogens (tertiary/aromatic N) is 1. The normalized spacial score (nSPS) is 37.2. The summed E-state index contributed by atoms with van der Waals surface area (Å²) in [5.74, 6) is 1.59. The topological polar surface area (TPSA) is 61.8 Å². The van der Waals surface area contributed by atoms with E-state index in [1.807, 2.05) is 6.92 Å². The third kappa shape index (κ3) is 3.84. The van der Waals surface area contributed by atoms with Crippen LogP contribution in [0.15, 0.2) is 24.3 Å². The molecular formula is C24H33FN2O3. The first-order valence-corrected chi connectivity index (χ1v) is 11.6. The molecule has 164 valence electrons. The Hall–Kier alpha value is -1.66. The third-order valence-electron chi connectivity index (χ3n) is 8.08. The fraction of sp³-hybridized carbons (Fsp3) is 0.708. The molecular weight excluding hydrogens is 383 g/mol. The second-order valence-electron chi connectivity index (χ2n) is 10.2. The number of halogens is 1. The zero-order valence-electron chi connectivity index (χ0n) is 17.7. The molecule has 6 heteroatoms. The lowest BCUT2D eigenvalue weighted by Gasteiger charge is -2.58. The monoisotopic (exact) mass is 416 g/mol. The molecule has 1 aliphatic heterocycles. The molecule has 1 heterocycles. The first kappa shape index (κ1) is 20.3. The summed E-state index contributed by atoms with van der Waals surface area (Å²) in [5.41, 5.74) is -0.469. The molecule has 2 N–H and O–H groups in total. The molecule has 5 fully saturated rings. The number of piperidine rings is 1. The minimum Gasteiger partial charge on any atom is -0.487 e. The minimum atomic E-state index is -0.469. The number of rotatable bonds is 5. The van der Waals surface area contributed by atoms with Crippen LogP contribution in [0.25, 0.3) is 0 Å². The number of ether oxygens (including phenoxy) is 1. The summed E-state index contributed by atoms with van der Waals surface area (Å²) < 4.78 is 19.7. The first-order valence-electron chi connectivity index (χ1n) is 11.6. The Balaban J connectivity index is 1.13. The zero-order valence-corrected chi connectivity index (χ0v) is 17.7. The number of aliphatic hydroxyl groups is 1. The van der Waals surface area contributed by atoms with Gasteiger partial charge in [0.15, 0.2) is 11.6 Å². The van der Waals surface area contributed by atoms with Crippen molar-refractivity contribution in [3.05, 3.63) is 30.1 Å². The van der Waals surface area contributed by atoms with Crippen LogP contribution in [-0.4, -0.2) is 52.8 Å². The van der Waals surface area contributed by atoms with E-state index in [-0.39, 0.29) is 29.9 Å². The van der Waals surface area contributed by atoms with Gasteiger partial charge in [0.05, 0.1) is 11.6 Å². The van der Waals surface area contributed by atoms with Crippen LogP contribution in [0.3, 0.4) is 0 Å². The minimum absolute atomic E-state index is 0.0152. The van der Waals surface area contributed by atoms with Crippen molar-refractivity contribution in [2.24, 2.45) is 17.8 Å². The van der Waals surface area contributed by atoms with Crippen molar-refractivity contribution in [1.29, 1.82) is 0 Å². The van der Waals surface area contributed by atoms with Gasteiger partial charge in [0.25, 0.3) is 0 Å². The predicted molar refractivity (Wildman–Crippen MR) is 112 cm³/mol. The van der Waals surface area contributed by atoms with Crippen LogP contribution < -0.4 is 10.1 Å². The fourth-order valence-corrected chi connectivity index (χ4v) is 6.77. The highest BCUT2D eigenvalue weighted by atomic mass is 19.1. The first-order chi connectivity index (χ1) is 14.4. The lowest BCUT2D eigenvalue weighted by molar-refractivity contribution is -0.148. The van der Waals surface area contributed by atoms with E-state index in [4.69, 9.17) is 4.74 Å². The predicted octanol–water partition coefficient (Wildman–Crippen LogP) is 3.11. The molecule has 5 aliphatic rings. The fourth-order valence-electron chi connectivity index (χ4n) is 6.77. The number of likely N-dealkylation sites (tertiary alicyclic amines) is 1. The molecule has 4 saturated carbocycles. The molecule has 1 amide bonds. The van der Waals surface area contributed by atoms with E-state index < -0.39 is 5.60 Å². The molecule has 3 atom stereocenters. The summed E-state index contributed by atoms with van der Waals surface area (Å²) in [6.07, 6.45) is 6.51.